The second-order valence-electron chi connectivity index (χ2n) is 5.80. The van der Waals surface area contributed by atoms with Gasteiger partial charge in [0.05, 0.1) is 0 Å². The third-order valence-corrected chi connectivity index (χ3v) is 3.88. The van der Waals surface area contributed by atoms with E-state index in [1.54, 1.807) is 13.0 Å². The number of rotatable bonds is 4. The van der Waals surface area contributed by atoms with Crippen molar-refractivity contribution in [3.05, 3.63) is 47.5 Å². The van der Waals surface area contributed by atoms with Crippen LogP contribution in [-0.2, 0) is 15.1 Å². The largest absolute Gasteiger partial charge is 0.360 e. The van der Waals surface area contributed by atoms with Crippen LogP contribution in [0.1, 0.15) is 18.2 Å². The molecule has 8 nitrogen and oxygen atoms in total. The van der Waals surface area contributed by atoms with Crippen LogP contribution in [0, 0.1) is 12.7 Å². The molecule has 0 radical (unpaired) electrons. The van der Waals surface area contributed by atoms with Crippen molar-refractivity contribution in [2.24, 2.45) is 0 Å². The minimum absolute atomic E-state index is 0.0309. The molecule has 9 heteroatoms. The van der Waals surface area contributed by atoms with Crippen LogP contribution in [0.15, 0.2) is 34.9 Å². The van der Waals surface area contributed by atoms with Gasteiger partial charge in [-0.15, -0.1) is 0 Å². The van der Waals surface area contributed by atoms with Crippen molar-refractivity contribution in [3.8, 4) is 0 Å². The van der Waals surface area contributed by atoms with Crippen LogP contribution < -0.4 is 10.6 Å². The Kier molecular flexibility index (Phi) is 3.99. The van der Waals surface area contributed by atoms with Crippen LogP contribution in [0.5, 0.6) is 0 Å². The highest BCUT2D eigenvalue weighted by Crippen LogP contribution is 2.30. The quantitative estimate of drug-likeness (QED) is 0.817. The topological polar surface area (TPSA) is 105 Å². The summed E-state index contributed by atoms with van der Waals surface area (Å²) in [4.78, 5) is 37.6. The number of anilines is 1. The van der Waals surface area contributed by atoms with Gasteiger partial charge in [0.25, 0.3) is 5.91 Å². The second kappa shape index (κ2) is 6.00. The Morgan fingerprint density at radius 1 is 1.40 bits per heavy atom. The van der Waals surface area contributed by atoms with E-state index in [1.807, 2.05) is 0 Å². The smallest absolute Gasteiger partial charge is 0.325 e. The van der Waals surface area contributed by atoms with Gasteiger partial charge in [-0.2, -0.15) is 0 Å². The zero-order valence-electron chi connectivity index (χ0n) is 13.5. The molecule has 0 saturated carbocycles. The molecule has 1 atom stereocenters. The Labute approximate surface area is 142 Å². The highest BCUT2D eigenvalue weighted by molar-refractivity contribution is 6.10. The predicted molar refractivity (Wildman–Crippen MR) is 83.9 cm³/mol. The molecule has 25 heavy (non-hydrogen) atoms. The van der Waals surface area contributed by atoms with E-state index >= 15 is 0 Å². The van der Waals surface area contributed by atoms with Crippen molar-refractivity contribution in [2.75, 3.05) is 11.9 Å². The number of imide groups is 1. The summed E-state index contributed by atoms with van der Waals surface area (Å²) in [6.07, 6.45) is 0. The van der Waals surface area contributed by atoms with Gasteiger partial charge in [0, 0.05) is 11.6 Å². The van der Waals surface area contributed by atoms with Crippen molar-refractivity contribution in [1.29, 1.82) is 0 Å². The maximum Gasteiger partial charge on any atom is 0.325 e. The van der Waals surface area contributed by atoms with Gasteiger partial charge >= 0.3 is 6.03 Å². The fourth-order valence-electron chi connectivity index (χ4n) is 2.64. The highest BCUT2D eigenvalue weighted by Gasteiger charge is 2.50. The molecule has 2 N–H and O–H groups in total. The Balaban J connectivity index is 1.77. The van der Waals surface area contributed by atoms with Gasteiger partial charge in [-0.1, -0.05) is 23.4 Å². The number of hydrogen-bond acceptors (Lipinski definition) is 5. The molecule has 1 fully saturated rings. The second-order valence-corrected chi connectivity index (χ2v) is 5.80. The minimum atomic E-state index is -1.58. The lowest BCUT2D eigenvalue weighted by molar-refractivity contribution is -0.133. The molecule has 0 spiro atoms. The Hall–Kier alpha value is -3.23. The summed E-state index contributed by atoms with van der Waals surface area (Å²) in [5.41, 5.74) is -1.55. The van der Waals surface area contributed by atoms with Gasteiger partial charge < -0.3 is 15.2 Å². The molecule has 0 unspecified atom stereocenters. The molecule has 1 aliphatic heterocycles. The first-order valence-corrected chi connectivity index (χ1v) is 7.43. The first-order valence-electron chi connectivity index (χ1n) is 7.43. The Bertz CT molecular complexity index is 865. The normalized spacial score (nSPS) is 19.9. The van der Waals surface area contributed by atoms with E-state index in [1.165, 1.54) is 31.2 Å². The van der Waals surface area contributed by atoms with Gasteiger partial charge in [0.15, 0.2) is 5.82 Å². The zero-order valence-corrected chi connectivity index (χ0v) is 13.5. The van der Waals surface area contributed by atoms with E-state index < -0.39 is 35.7 Å². The molecule has 2 aromatic rings. The molecule has 3 rings (SSSR count). The molecule has 1 aliphatic rings. The molecule has 0 bridgehead atoms. The lowest BCUT2D eigenvalue weighted by atomic mass is 9.91. The van der Waals surface area contributed by atoms with Crippen molar-refractivity contribution >= 4 is 23.7 Å². The number of urea groups is 1. The number of aromatic nitrogens is 1. The molecule has 0 aliphatic carbocycles. The van der Waals surface area contributed by atoms with E-state index in [9.17, 15) is 18.8 Å². The van der Waals surface area contributed by atoms with E-state index in [2.05, 4.69) is 15.8 Å². The number of nitrogens with one attached hydrogen (secondary N) is 2. The van der Waals surface area contributed by atoms with Gasteiger partial charge in [-0.05, 0) is 19.9 Å². The summed E-state index contributed by atoms with van der Waals surface area (Å²) in [5, 5.41) is 8.46. The zero-order chi connectivity index (χ0) is 18.2. The summed E-state index contributed by atoms with van der Waals surface area (Å²) in [6, 6.07) is 6.37. The molecular formula is C16H15FN4O4. The average Bonchev–Trinajstić information content (AvgIpc) is 3.04. The summed E-state index contributed by atoms with van der Waals surface area (Å²) in [6.45, 7) is 2.52. The van der Waals surface area contributed by atoms with Crippen LogP contribution in [0.25, 0.3) is 0 Å². The third-order valence-electron chi connectivity index (χ3n) is 3.88. The van der Waals surface area contributed by atoms with E-state index in [-0.39, 0.29) is 11.4 Å². The van der Waals surface area contributed by atoms with Crippen LogP contribution >= 0.6 is 0 Å². The molecule has 130 valence electrons. The van der Waals surface area contributed by atoms with Gasteiger partial charge in [-0.3, -0.25) is 14.5 Å². The molecular weight excluding hydrogens is 331 g/mol. The van der Waals surface area contributed by atoms with Crippen LogP contribution in [-0.4, -0.2) is 34.4 Å². The number of nitrogens with zero attached hydrogens (tertiary/aromatic N) is 2. The summed E-state index contributed by atoms with van der Waals surface area (Å²) in [5.74, 6) is -1.30. The fourth-order valence-corrected chi connectivity index (χ4v) is 2.64. The predicted octanol–water partition coefficient (Wildman–Crippen LogP) is 1.53. The summed E-state index contributed by atoms with van der Waals surface area (Å²) < 4.78 is 18.9. The van der Waals surface area contributed by atoms with E-state index in [4.69, 9.17) is 4.52 Å². The first-order chi connectivity index (χ1) is 11.8. The monoisotopic (exact) mass is 346 g/mol. The van der Waals surface area contributed by atoms with Crippen LogP contribution in [0.4, 0.5) is 15.0 Å². The first kappa shape index (κ1) is 16.6. The number of halogens is 1. The van der Waals surface area contributed by atoms with Gasteiger partial charge in [0.2, 0.25) is 5.91 Å². The van der Waals surface area contributed by atoms with Crippen LogP contribution in [0.3, 0.4) is 0 Å². The van der Waals surface area contributed by atoms with Crippen molar-refractivity contribution in [3.63, 3.8) is 0 Å². The molecule has 1 saturated heterocycles. The highest BCUT2D eigenvalue weighted by atomic mass is 19.1. The average molecular weight is 346 g/mol. The molecule has 2 heterocycles. The minimum Gasteiger partial charge on any atom is -0.360 e. The lowest BCUT2D eigenvalue weighted by Crippen LogP contribution is -2.42. The van der Waals surface area contributed by atoms with Gasteiger partial charge in [-0.25, -0.2) is 9.18 Å². The van der Waals surface area contributed by atoms with E-state index in [0.717, 1.165) is 4.90 Å². The number of carbonyl (C=O) groups excluding carboxylic acids is 3. The summed E-state index contributed by atoms with van der Waals surface area (Å²) in [7, 11) is 0. The molecule has 4 amide bonds. The standard InChI is InChI=1S/C16H15FN4O4/c1-9-7-12(20-25-9)18-13(22)8-21-14(23)16(2,19-15(21)24)10-5-3-4-6-11(10)17/h3-7H,8H2,1-2H3,(H,19,24)(H,18,20,22)/t16-/m1/s1. The number of hydrogen-bond donors (Lipinski definition) is 2. The molecule has 1 aromatic carbocycles. The fraction of sp³-hybridized carbons (Fsp3) is 0.250. The number of carbonyl (C=O) groups is 3. The Morgan fingerprint density at radius 2 is 2.12 bits per heavy atom. The maximum atomic E-state index is 14.0. The number of amides is 4. The van der Waals surface area contributed by atoms with E-state index in [0.29, 0.717) is 5.76 Å². The molecule has 1 aromatic heterocycles. The van der Waals surface area contributed by atoms with Gasteiger partial charge in [0.1, 0.15) is 23.7 Å². The lowest BCUT2D eigenvalue weighted by Gasteiger charge is -2.22. The number of benzene rings is 1. The maximum absolute atomic E-state index is 14.0. The van der Waals surface area contributed by atoms with Crippen LogP contribution in [0.2, 0.25) is 0 Å². The SMILES string of the molecule is Cc1cc(NC(=O)CN2C(=O)N[C@](C)(c3ccccc3F)C2=O)no1. The van der Waals surface area contributed by atoms with Crippen molar-refractivity contribution < 1.29 is 23.3 Å². The van der Waals surface area contributed by atoms with Crippen molar-refractivity contribution in [2.45, 2.75) is 19.4 Å². The third kappa shape index (κ3) is 2.95. The Morgan fingerprint density at radius 3 is 2.76 bits per heavy atom. The number of aryl methyl sites for hydroxylation is 1. The van der Waals surface area contributed by atoms with Crippen molar-refractivity contribution in [1.82, 2.24) is 15.4 Å². The summed E-state index contributed by atoms with van der Waals surface area (Å²) >= 11 is 0.